The van der Waals surface area contributed by atoms with Crippen LogP contribution < -0.4 is 4.72 Å². The molecule has 0 saturated heterocycles. The van der Waals surface area contributed by atoms with Gasteiger partial charge in [0.2, 0.25) is 10.0 Å². The molecule has 1 atom stereocenters. The predicted octanol–water partition coefficient (Wildman–Crippen LogP) is 1.76. The molecule has 2 rings (SSSR count). The summed E-state index contributed by atoms with van der Waals surface area (Å²) in [6.45, 7) is 2.57. The number of sulfonamides is 1. The van der Waals surface area contributed by atoms with Crippen LogP contribution in [0.15, 0.2) is 29.4 Å². The van der Waals surface area contributed by atoms with Crippen LogP contribution in [0.25, 0.3) is 0 Å². The van der Waals surface area contributed by atoms with Crippen LogP contribution in [0.2, 0.25) is 5.02 Å². The van der Waals surface area contributed by atoms with E-state index in [4.69, 9.17) is 16.3 Å². The van der Waals surface area contributed by atoms with Gasteiger partial charge in [-0.15, -0.1) is 10.2 Å². The Morgan fingerprint density at radius 3 is 2.87 bits per heavy atom. The molecule has 126 valence electrons. The monoisotopic (exact) mass is 362 g/mol. The van der Waals surface area contributed by atoms with Crippen molar-refractivity contribution in [1.82, 2.24) is 19.5 Å². The molecule has 0 radical (unpaired) electrons. The zero-order valence-electron chi connectivity index (χ0n) is 12.5. The first-order chi connectivity index (χ1) is 10.8. The van der Waals surface area contributed by atoms with E-state index < -0.39 is 21.9 Å². The van der Waals surface area contributed by atoms with Crippen molar-refractivity contribution in [2.45, 2.75) is 24.4 Å². The first kappa shape index (κ1) is 17.8. The highest BCUT2D eigenvalue weighted by molar-refractivity contribution is 7.89. The van der Waals surface area contributed by atoms with E-state index in [1.807, 2.05) is 0 Å². The van der Waals surface area contributed by atoms with E-state index in [0.717, 1.165) is 18.2 Å². The Balaban J connectivity index is 2.20. The van der Waals surface area contributed by atoms with Crippen molar-refractivity contribution in [1.29, 1.82) is 0 Å². The number of rotatable bonds is 7. The molecule has 1 unspecified atom stereocenters. The van der Waals surface area contributed by atoms with Gasteiger partial charge >= 0.3 is 0 Å². The lowest BCUT2D eigenvalue weighted by Crippen LogP contribution is -2.29. The summed E-state index contributed by atoms with van der Waals surface area (Å²) in [5.74, 6) is -0.239. The van der Waals surface area contributed by atoms with Gasteiger partial charge in [0.05, 0.1) is 22.6 Å². The number of hydrogen-bond donors (Lipinski definition) is 1. The van der Waals surface area contributed by atoms with E-state index in [2.05, 4.69) is 14.9 Å². The molecular formula is C13H16ClFN4O3S. The van der Waals surface area contributed by atoms with Crippen LogP contribution in [0.1, 0.15) is 18.8 Å². The summed E-state index contributed by atoms with van der Waals surface area (Å²) in [4.78, 5) is -0.126. The third kappa shape index (κ3) is 4.25. The van der Waals surface area contributed by atoms with Crippen LogP contribution in [-0.2, 0) is 21.3 Å². The van der Waals surface area contributed by atoms with E-state index in [0.29, 0.717) is 19.0 Å². The van der Waals surface area contributed by atoms with Crippen molar-refractivity contribution in [2.75, 3.05) is 13.7 Å². The number of nitrogens with zero attached hydrogens (tertiary/aromatic N) is 3. The van der Waals surface area contributed by atoms with Gasteiger partial charge in [-0.2, -0.15) is 0 Å². The molecule has 0 bridgehead atoms. The minimum atomic E-state index is -3.88. The van der Waals surface area contributed by atoms with Crippen molar-refractivity contribution in [2.24, 2.45) is 0 Å². The Bertz CT molecular complexity index is 781. The zero-order valence-corrected chi connectivity index (χ0v) is 14.1. The Hall–Kier alpha value is -1.55. The second kappa shape index (κ2) is 7.35. The number of aromatic nitrogens is 3. The number of hydrogen-bond acceptors (Lipinski definition) is 5. The summed E-state index contributed by atoms with van der Waals surface area (Å²) < 4.78 is 47.0. The molecule has 0 amide bonds. The molecule has 0 fully saturated rings. The zero-order chi connectivity index (χ0) is 17.0. The average Bonchev–Trinajstić information content (AvgIpc) is 2.96. The van der Waals surface area contributed by atoms with Crippen molar-refractivity contribution < 1.29 is 17.5 Å². The molecule has 23 heavy (non-hydrogen) atoms. The molecular weight excluding hydrogens is 347 g/mol. The van der Waals surface area contributed by atoms with Gasteiger partial charge in [-0.3, -0.25) is 0 Å². The summed E-state index contributed by atoms with van der Waals surface area (Å²) in [7, 11) is -2.31. The topological polar surface area (TPSA) is 86.1 Å². The Kier molecular flexibility index (Phi) is 5.69. The molecule has 1 heterocycles. The molecule has 0 spiro atoms. The average molecular weight is 363 g/mol. The lowest BCUT2D eigenvalue weighted by atomic mass is 10.3. The number of nitrogens with one attached hydrogen (secondary N) is 1. The molecule has 1 aromatic heterocycles. The predicted molar refractivity (Wildman–Crippen MR) is 82.0 cm³/mol. The molecule has 7 nitrogen and oxygen atoms in total. The Morgan fingerprint density at radius 2 is 2.22 bits per heavy atom. The van der Waals surface area contributed by atoms with Crippen LogP contribution in [-0.4, -0.2) is 36.9 Å². The highest BCUT2D eigenvalue weighted by Crippen LogP contribution is 2.21. The maximum Gasteiger partial charge on any atom is 0.241 e. The van der Waals surface area contributed by atoms with E-state index in [-0.39, 0.29) is 9.92 Å². The number of methoxy groups -OCH3 is 1. The molecule has 1 N–H and O–H groups in total. The second-order valence-corrected chi connectivity index (χ2v) is 6.92. The van der Waals surface area contributed by atoms with E-state index >= 15 is 0 Å². The second-order valence-electron chi connectivity index (χ2n) is 4.79. The van der Waals surface area contributed by atoms with Crippen LogP contribution in [0.3, 0.4) is 0 Å². The van der Waals surface area contributed by atoms with E-state index in [1.54, 1.807) is 18.6 Å². The normalized spacial score (nSPS) is 13.2. The summed E-state index contributed by atoms with van der Waals surface area (Å²) >= 11 is 5.63. The largest absolute Gasteiger partial charge is 0.383 e. The van der Waals surface area contributed by atoms with Gasteiger partial charge in [0.1, 0.15) is 12.1 Å². The molecule has 0 aliphatic carbocycles. The third-order valence-corrected chi connectivity index (χ3v) is 4.93. The van der Waals surface area contributed by atoms with E-state index in [9.17, 15) is 12.8 Å². The lowest BCUT2D eigenvalue weighted by Gasteiger charge is -2.15. The summed E-state index contributed by atoms with van der Waals surface area (Å²) in [5, 5.41) is 7.44. The number of ether oxygens (including phenoxy) is 1. The van der Waals surface area contributed by atoms with Crippen LogP contribution in [0.5, 0.6) is 0 Å². The maximum absolute atomic E-state index is 13.2. The molecule has 1 aromatic carbocycles. The number of halogens is 2. The SMILES string of the molecule is COCCn1cnnc1C(C)NS(=O)(=O)c1ccc(F)c(Cl)c1. The molecule has 0 saturated carbocycles. The van der Waals surface area contributed by atoms with Crippen molar-refractivity contribution in [3.8, 4) is 0 Å². The molecule has 0 aliphatic heterocycles. The standard InChI is InChI=1S/C13H16ClFN4O3S/c1-9(13-17-16-8-19(13)5-6-22-2)18-23(20,21)10-3-4-12(15)11(14)7-10/h3-4,7-9,18H,5-6H2,1-2H3. The van der Waals surface area contributed by atoms with Gasteiger partial charge in [-0.1, -0.05) is 11.6 Å². The number of benzene rings is 1. The maximum atomic E-state index is 13.2. The molecule has 2 aromatic rings. The van der Waals surface area contributed by atoms with Crippen LogP contribution in [0, 0.1) is 5.82 Å². The van der Waals surface area contributed by atoms with Gasteiger partial charge in [0.25, 0.3) is 0 Å². The highest BCUT2D eigenvalue weighted by Gasteiger charge is 2.22. The lowest BCUT2D eigenvalue weighted by molar-refractivity contribution is 0.185. The summed E-state index contributed by atoms with van der Waals surface area (Å²) in [6.07, 6.45) is 1.49. The fourth-order valence-corrected chi connectivity index (χ4v) is 3.43. The fourth-order valence-electron chi connectivity index (χ4n) is 1.96. The van der Waals surface area contributed by atoms with Crippen LogP contribution >= 0.6 is 11.6 Å². The third-order valence-electron chi connectivity index (χ3n) is 3.10. The summed E-state index contributed by atoms with van der Waals surface area (Å²) in [6, 6.07) is 2.57. The van der Waals surface area contributed by atoms with Crippen molar-refractivity contribution in [3.63, 3.8) is 0 Å². The highest BCUT2D eigenvalue weighted by atomic mass is 35.5. The van der Waals surface area contributed by atoms with Crippen LogP contribution in [0.4, 0.5) is 4.39 Å². The molecule has 10 heteroatoms. The minimum Gasteiger partial charge on any atom is -0.383 e. The first-order valence-corrected chi connectivity index (χ1v) is 8.55. The van der Waals surface area contributed by atoms with Crippen molar-refractivity contribution in [3.05, 3.63) is 41.2 Å². The van der Waals surface area contributed by atoms with Gasteiger partial charge in [0.15, 0.2) is 5.82 Å². The first-order valence-electron chi connectivity index (χ1n) is 6.69. The fraction of sp³-hybridized carbons (Fsp3) is 0.385. The Labute approximate surface area is 138 Å². The quantitative estimate of drug-likeness (QED) is 0.811. The van der Waals surface area contributed by atoms with Gasteiger partial charge < -0.3 is 9.30 Å². The van der Waals surface area contributed by atoms with Gasteiger partial charge in [0, 0.05) is 13.7 Å². The minimum absolute atomic E-state index is 0.126. The van der Waals surface area contributed by atoms with E-state index in [1.165, 1.54) is 6.33 Å². The summed E-state index contributed by atoms with van der Waals surface area (Å²) in [5.41, 5.74) is 0. The van der Waals surface area contributed by atoms with Gasteiger partial charge in [-0.25, -0.2) is 17.5 Å². The van der Waals surface area contributed by atoms with Crippen molar-refractivity contribution >= 4 is 21.6 Å². The smallest absolute Gasteiger partial charge is 0.241 e. The van der Waals surface area contributed by atoms with Gasteiger partial charge in [-0.05, 0) is 25.1 Å². The Morgan fingerprint density at radius 1 is 1.48 bits per heavy atom. The molecule has 0 aliphatic rings.